The van der Waals surface area contributed by atoms with E-state index in [2.05, 4.69) is 26.6 Å². The third-order valence-electron chi connectivity index (χ3n) is 13.1. The van der Waals surface area contributed by atoms with Crippen LogP contribution < -0.4 is 32.0 Å². The molecule has 5 amide bonds. The standard InChI is InChI=1S/C56H61N5O17/c62-34-16-21-36-32(29-34)14-19-39-49(40-20-15-33-30-35(63)17-22-37(33)51(40)78-50(36)39)38-18-13-31(27-41(38)52(69)70)28-47(66)58-26-8-5-9-42(53(71)72)59-46(65)12-4-2-1-3-11-45(64)57-25-7-6-10-43(54(73)74)60-56(77)61-44(55(75)76)23-24-48(67)68/h13-22,27,29-30,42-44,62H,1-12,23-26,28H2,(H,57,64)(H,58,66)(H,59,65)(H,67,68)(H,69,70)(H,71,72)(H,73,74)(H,75,76)(H2,60,61,77)/t42?,43-,44-/m0/s1. The molecule has 0 saturated heterocycles. The molecule has 0 bridgehead atoms. The summed E-state index contributed by atoms with van der Waals surface area (Å²) in [5.41, 5.74) is 1.99. The molecule has 1 aromatic heterocycles. The van der Waals surface area contributed by atoms with E-state index >= 15 is 0 Å². The van der Waals surface area contributed by atoms with Crippen molar-refractivity contribution in [1.82, 2.24) is 26.6 Å². The lowest BCUT2D eigenvalue weighted by molar-refractivity contribution is -0.142. The van der Waals surface area contributed by atoms with E-state index in [0.717, 1.165) is 0 Å². The van der Waals surface area contributed by atoms with Crippen molar-refractivity contribution in [2.45, 2.75) is 114 Å². The maximum absolute atomic E-state index is 13.1. The second-order valence-corrected chi connectivity index (χ2v) is 18.9. The van der Waals surface area contributed by atoms with Crippen molar-refractivity contribution in [2.75, 3.05) is 13.1 Å². The minimum atomic E-state index is -1.52. The van der Waals surface area contributed by atoms with Crippen LogP contribution in [0, 0.1) is 0 Å². The quantitative estimate of drug-likeness (QED) is 0.0132. The Morgan fingerprint density at radius 3 is 1.59 bits per heavy atom. The fourth-order valence-electron chi connectivity index (χ4n) is 9.14. The van der Waals surface area contributed by atoms with E-state index in [1.807, 2.05) is 0 Å². The third kappa shape index (κ3) is 16.2. The first-order valence-electron chi connectivity index (χ1n) is 25.5. The molecule has 0 spiro atoms. The minimum Gasteiger partial charge on any atom is -0.508 e. The lowest BCUT2D eigenvalue weighted by Crippen LogP contribution is -2.51. The molecule has 78 heavy (non-hydrogen) atoms. The van der Waals surface area contributed by atoms with Gasteiger partial charge in [-0.25, -0.2) is 24.0 Å². The van der Waals surface area contributed by atoms with Crippen molar-refractivity contribution in [3.05, 3.63) is 100 Å². The number of hydrogen-bond donors (Lipinski definition) is 11. The number of aliphatic carboxylic acids is 4. The monoisotopic (exact) mass is 1080 g/mol. The van der Waals surface area contributed by atoms with Gasteiger partial charge in [0.15, 0.2) is 5.43 Å². The number of amides is 5. The van der Waals surface area contributed by atoms with E-state index in [-0.39, 0.29) is 73.7 Å². The van der Waals surface area contributed by atoms with Crippen LogP contribution in [-0.2, 0) is 40.0 Å². The molecule has 0 fully saturated rings. The van der Waals surface area contributed by atoms with Crippen molar-refractivity contribution in [1.29, 1.82) is 0 Å². The van der Waals surface area contributed by atoms with Crippen molar-refractivity contribution in [3.63, 3.8) is 0 Å². The summed E-state index contributed by atoms with van der Waals surface area (Å²) in [7, 11) is 0. The highest BCUT2D eigenvalue weighted by atomic mass is 16.4. The van der Waals surface area contributed by atoms with Crippen molar-refractivity contribution < 1.29 is 78.2 Å². The number of nitrogens with one attached hydrogen (secondary N) is 5. The van der Waals surface area contributed by atoms with Gasteiger partial charge in [0.1, 0.15) is 35.0 Å². The highest BCUT2D eigenvalue weighted by Crippen LogP contribution is 2.43. The predicted octanol–water partition coefficient (Wildman–Crippen LogP) is 6.42. The van der Waals surface area contributed by atoms with Crippen LogP contribution in [0.1, 0.15) is 106 Å². The summed E-state index contributed by atoms with van der Waals surface area (Å²) in [5, 5.41) is 74.1. The molecule has 22 nitrogen and oxygen atoms in total. The SMILES string of the molecule is O=C(O)CC[C@H](NC(=O)N[C@@H](CCCCNC(=O)CCCCCCC(=O)NC(CCCCNC(=O)Cc1ccc(-c2c3ccc4cc(O)ccc4c3oc3c2ccc2cc(=O)ccc23)c(C(=O)O)c1)C(=O)O)C(=O)O)C(=O)O. The van der Waals surface area contributed by atoms with Crippen LogP contribution in [0.3, 0.4) is 0 Å². The van der Waals surface area contributed by atoms with Crippen molar-refractivity contribution >= 4 is 97.1 Å². The number of benzene rings is 5. The van der Waals surface area contributed by atoms with Gasteiger partial charge < -0.3 is 61.6 Å². The van der Waals surface area contributed by atoms with Crippen LogP contribution in [0.2, 0.25) is 0 Å². The first-order chi connectivity index (χ1) is 37.3. The average molecular weight is 1080 g/mol. The number of carboxylic acids is 5. The van der Waals surface area contributed by atoms with Crippen LogP contribution in [0.4, 0.5) is 4.79 Å². The van der Waals surface area contributed by atoms with Gasteiger partial charge in [0.25, 0.3) is 0 Å². The molecule has 412 valence electrons. The van der Waals surface area contributed by atoms with E-state index in [1.54, 1.807) is 54.6 Å². The summed E-state index contributed by atoms with van der Waals surface area (Å²) in [4.78, 5) is 121. The van der Waals surface area contributed by atoms with Crippen LogP contribution in [-0.4, -0.2) is 115 Å². The number of carbonyl (C=O) groups is 9. The zero-order valence-corrected chi connectivity index (χ0v) is 42.4. The zero-order chi connectivity index (χ0) is 56.5. The number of fused-ring (bicyclic) bond motifs is 6. The molecule has 22 heteroatoms. The highest BCUT2D eigenvalue weighted by molar-refractivity contribution is 6.21. The second-order valence-electron chi connectivity index (χ2n) is 18.9. The zero-order valence-electron chi connectivity index (χ0n) is 42.4. The molecular formula is C56H61N5O17. The molecule has 0 radical (unpaired) electrons. The molecular weight excluding hydrogens is 1010 g/mol. The van der Waals surface area contributed by atoms with E-state index in [9.17, 15) is 73.5 Å². The Bertz CT molecular complexity index is 3320. The Kier molecular flexibility index (Phi) is 20.6. The van der Waals surface area contributed by atoms with E-state index in [1.165, 1.54) is 24.3 Å². The van der Waals surface area contributed by atoms with Crippen LogP contribution >= 0.6 is 0 Å². The van der Waals surface area contributed by atoms with Gasteiger partial charge in [-0.2, -0.15) is 0 Å². The molecule has 5 aromatic carbocycles. The number of aromatic carboxylic acids is 1. The minimum absolute atomic E-state index is 0.0158. The number of unbranched alkanes of at least 4 members (excludes halogenated alkanes) is 5. The van der Waals surface area contributed by atoms with Gasteiger partial charge in [0.05, 0.1) is 12.0 Å². The van der Waals surface area contributed by atoms with Gasteiger partial charge in [0.2, 0.25) is 17.7 Å². The van der Waals surface area contributed by atoms with E-state index < -0.39 is 72.8 Å². The van der Waals surface area contributed by atoms with Gasteiger partial charge in [0, 0.05) is 59.5 Å². The topological polar surface area (TPSA) is 365 Å². The number of hydrogen-bond acceptors (Lipinski definition) is 12. The number of aromatic hydroxyl groups is 1. The lowest BCUT2D eigenvalue weighted by Gasteiger charge is -2.18. The maximum atomic E-state index is 13.1. The molecule has 6 rings (SSSR count). The molecule has 0 aliphatic rings. The predicted molar refractivity (Wildman–Crippen MR) is 285 cm³/mol. The second kappa shape index (κ2) is 27.6. The largest absolute Gasteiger partial charge is 0.508 e. The lowest BCUT2D eigenvalue weighted by atomic mass is 9.90. The molecule has 0 aliphatic carbocycles. The van der Waals surface area contributed by atoms with Crippen molar-refractivity contribution in [3.8, 4) is 16.9 Å². The normalized spacial score (nSPS) is 12.4. The number of urea groups is 1. The average Bonchev–Trinajstić information content (AvgIpc) is 3.45. The highest BCUT2D eigenvalue weighted by Gasteiger charge is 2.26. The molecule has 11 N–H and O–H groups in total. The van der Waals surface area contributed by atoms with Crippen LogP contribution in [0.5, 0.6) is 5.75 Å². The van der Waals surface area contributed by atoms with Crippen molar-refractivity contribution in [2.24, 2.45) is 0 Å². The number of carbonyl (C=O) groups excluding carboxylic acids is 4. The Balaban J connectivity index is 0.897. The third-order valence-corrected chi connectivity index (χ3v) is 13.1. The van der Waals surface area contributed by atoms with Crippen LogP contribution in [0.25, 0.3) is 54.6 Å². The van der Waals surface area contributed by atoms with E-state index in [0.29, 0.717) is 112 Å². The molecule has 0 saturated carbocycles. The summed E-state index contributed by atoms with van der Waals surface area (Å²) in [6.45, 7) is 0.441. The molecule has 1 unspecified atom stereocenters. The first kappa shape index (κ1) is 58.2. The van der Waals surface area contributed by atoms with Gasteiger partial charge >= 0.3 is 35.9 Å². The maximum Gasteiger partial charge on any atom is 0.336 e. The summed E-state index contributed by atoms with van der Waals surface area (Å²) in [6, 6.07) is 16.3. The fourth-order valence-corrected chi connectivity index (χ4v) is 9.14. The van der Waals surface area contributed by atoms with Gasteiger partial charge in [-0.1, -0.05) is 37.1 Å². The van der Waals surface area contributed by atoms with Crippen LogP contribution in [0.15, 0.2) is 88.1 Å². The number of carboxylic acid groups (broad SMARTS) is 5. The molecule has 3 atom stereocenters. The first-order valence-corrected chi connectivity index (χ1v) is 25.5. The summed E-state index contributed by atoms with van der Waals surface area (Å²) >= 11 is 0. The summed E-state index contributed by atoms with van der Waals surface area (Å²) in [6.07, 6.45) is 3.00. The molecule has 0 aliphatic heterocycles. The number of phenols is 1. The molecule has 1 heterocycles. The fraction of sp³-hybridized carbons (Fsp3) is 0.357. The van der Waals surface area contributed by atoms with Gasteiger partial charge in [-0.3, -0.25) is 24.0 Å². The summed E-state index contributed by atoms with van der Waals surface area (Å²) < 4.78 is 6.59. The smallest absolute Gasteiger partial charge is 0.336 e. The molecule has 6 aromatic rings. The van der Waals surface area contributed by atoms with Gasteiger partial charge in [-0.15, -0.1) is 0 Å². The number of phenolic OH excluding ortho intramolecular Hbond substituents is 1. The Hall–Kier alpha value is -9.08. The Morgan fingerprint density at radius 2 is 1.01 bits per heavy atom. The number of rotatable bonds is 30. The Labute approximate surface area is 445 Å². The van der Waals surface area contributed by atoms with E-state index in [4.69, 9.17) is 9.52 Å². The van der Waals surface area contributed by atoms with Gasteiger partial charge in [-0.05, 0) is 134 Å². The summed E-state index contributed by atoms with van der Waals surface area (Å²) in [5.74, 6) is -7.51. The Morgan fingerprint density at radius 1 is 0.487 bits per heavy atom.